The van der Waals surface area contributed by atoms with Gasteiger partial charge in [0, 0.05) is 32.2 Å². The van der Waals surface area contributed by atoms with Crippen LogP contribution < -0.4 is 9.47 Å². The van der Waals surface area contributed by atoms with Gasteiger partial charge in [0.2, 0.25) is 0 Å². The van der Waals surface area contributed by atoms with Crippen molar-refractivity contribution in [3.05, 3.63) is 63.7 Å². The molecule has 0 saturated carbocycles. The summed E-state index contributed by atoms with van der Waals surface area (Å²) in [7, 11) is 1.53. The molecule has 160 valence electrons. The van der Waals surface area contributed by atoms with Gasteiger partial charge in [-0.15, -0.1) is 0 Å². The van der Waals surface area contributed by atoms with E-state index in [0.717, 1.165) is 6.42 Å². The zero-order chi connectivity index (χ0) is 21.5. The Morgan fingerprint density at radius 2 is 1.87 bits per heavy atom. The second-order valence-corrected chi connectivity index (χ2v) is 7.06. The molecule has 1 aliphatic rings. The number of amides is 1. The molecule has 2 aromatic rings. The van der Waals surface area contributed by atoms with Crippen molar-refractivity contribution in [1.29, 1.82) is 0 Å². The van der Waals surface area contributed by atoms with E-state index in [2.05, 4.69) is 0 Å². The summed E-state index contributed by atoms with van der Waals surface area (Å²) >= 11 is 0. The molecular formula is C21H24N2O7. The van der Waals surface area contributed by atoms with E-state index in [1.807, 2.05) is 0 Å². The second-order valence-electron chi connectivity index (χ2n) is 7.06. The first-order chi connectivity index (χ1) is 14.5. The summed E-state index contributed by atoms with van der Waals surface area (Å²) < 4.78 is 16.6. The van der Waals surface area contributed by atoms with Gasteiger partial charge >= 0.3 is 6.09 Å². The Morgan fingerprint density at radius 1 is 1.17 bits per heavy atom. The average molecular weight is 416 g/mol. The van der Waals surface area contributed by atoms with Crippen molar-refractivity contribution in [3.8, 4) is 11.5 Å². The maximum Gasteiger partial charge on any atom is 0.407 e. The number of nitro groups is 1. The number of benzene rings is 2. The van der Waals surface area contributed by atoms with Gasteiger partial charge in [-0.25, -0.2) is 4.79 Å². The molecule has 1 amide bonds. The third-order valence-corrected chi connectivity index (χ3v) is 4.99. The monoisotopic (exact) mass is 416 g/mol. The average Bonchev–Trinajstić information content (AvgIpc) is 3.21. The molecule has 0 unspecified atom stereocenters. The molecule has 0 bridgehead atoms. The van der Waals surface area contributed by atoms with Crippen molar-refractivity contribution >= 4 is 11.8 Å². The van der Waals surface area contributed by atoms with E-state index < -0.39 is 11.0 Å². The second kappa shape index (κ2) is 9.93. The van der Waals surface area contributed by atoms with Crippen LogP contribution in [0, 0.1) is 16.0 Å². The van der Waals surface area contributed by atoms with Crippen molar-refractivity contribution in [2.75, 3.05) is 26.8 Å². The highest BCUT2D eigenvalue weighted by molar-refractivity contribution is 5.65. The third-order valence-electron chi connectivity index (χ3n) is 4.99. The fraction of sp³-hybridized carbons (Fsp3) is 0.381. The van der Waals surface area contributed by atoms with Crippen LogP contribution in [-0.2, 0) is 18.0 Å². The lowest BCUT2D eigenvalue weighted by atomic mass is 10.1. The Bertz CT molecular complexity index is 885. The molecule has 1 N–H and O–H groups in total. The summed E-state index contributed by atoms with van der Waals surface area (Å²) in [4.78, 5) is 23.3. The predicted octanol–water partition coefficient (Wildman–Crippen LogP) is 3.70. The number of nitro benzene ring substituents is 1. The molecule has 0 aliphatic carbocycles. The Balaban J connectivity index is 1.56. The fourth-order valence-electron chi connectivity index (χ4n) is 3.39. The predicted molar refractivity (Wildman–Crippen MR) is 108 cm³/mol. The van der Waals surface area contributed by atoms with Gasteiger partial charge in [0.1, 0.15) is 18.1 Å². The first-order valence-electron chi connectivity index (χ1n) is 9.55. The third kappa shape index (κ3) is 5.38. The van der Waals surface area contributed by atoms with Crippen LogP contribution in [0.3, 0.4) is 0 Å². The molecule has 0 radical (unpaired) electrons. The van der Waals surface area contributed by atoms with Crippen LogP contribution in [0.4, 0.5) is 10.5 Å². The van der Waals surface area contributed by atoms with Crippen molar-refractivity contribution in [1.82, 2.24) is 4.90 Å². The topological polar surface area (TPSA) is 111 Å². The van der Waals surface area contributed by atoms with Gasteiger partial charge in [-0.3, -0.25) is 10.1 Å². The summed E-state index contributed by atoms with van der Waals surface area (Å²) in [5, 5.41) is 20.3. The van der Waals surface area contributed by atoms with Gasteiger partial charge < -0.3 is 24.2 Å². The van der Waals surface area contributed by atoms with Gasteiger partial charge in [0.05, 0.1) is 23.7 Å². The van der Waals surface area contributed by atoms with Gasteiger partial charge in [-0.05, 0) is 36.2 Å². The molecule has 0 spiro atoms. The van der Waals surface area contributed by atoms with E-state index in [4.69, 9.17) is 19.3 Å². The van der Waals surface area contributed by atoms with Crippen LogP contribution in [0.15, 0.2) is 42.5 Å². The molecular weight excluding hydrogens is 392 g/mol. The van der Waals surface area contributed by atoms with E-state index in [9.17, 15) is 14.9 Å². The van der Waals surface area contributed by atoms with Gasteiger partial charge in [-0.1, -0.05) is 12.1 Å². The Hall–Kier alpha value is -3.33. The van der Waals surface area contributed by atoms with Crippen LogP contribution in [-0.4, -0.2) is 47.8 Å². The van der Waals surface area contributed by atoms with E-state index >= 15 is 0 Å². The Labute approximate surface area is 173 Å². The molecule has 3 rings (SSSR count). The number of carboxylic acid groups (broad SMARTS) is 1. The Kier molecular flexibility index (Phi) is 7.08. The SMILES string of the molecule is COCc1cccc([N+](=O)[O-])c1COc1ccc(OC[C@@H]2CCN(C(=O)O)C2)cc1. The lowest BCUT2D eigenvalue weighted by molar-refractivity contribution is -0.385. The highest BCUT2D eigenvalue weighted by Crippen LogP contribution is 2.26. The highest BCUT2D eigenvalue weighted by atomic mass is 16.6. The van der Waals surface area contributed by atoms with E-state index in [-0.39, 0.29) is 24.8 Å². The van der Waals surface area contributed by atoms with Gasteiger partial charge in [0.25, 0.3) is 5.69 Å². The van der Waals surface area contributed by atoms with E-state index in [0.29, 0.717) is 42.3 Å². The van der Waals surface area contributed by atoms with Crippen LogP contribution in [0.1, 0.15) is 17.5 Å². The maximum absolute atomic E-state index is 11.3. The lowest BCUT2D eigenvalue weighted by Gasteiger charge is -2.14. The molecule has 1 aliphatic heterocycles. The standard InChI is InChI=1S/C21H24N2O7/c1-28-13-16-3-2-4-20(23(26)27)19(16)14-30-18-7-5-17(6-8-18)29-12-15-9-10-22(11-15)21(24)25/h2-8,15H,9-14H2,1H3,(H,24,25)/t15-/m1/s1. The van der Waals surface area contributed by atoms with Crippen molar-refractivity contribution in [2.45, 2.75) is 19.6 Å². The number of hydrogen-bond acceptors (Lipinski definition) is 6. The molecule has 0 aromatic heterocycles. The normalized spacial score (nSPS) is 15.8. The minimum Gasteiger partial charge on any atom is -0.493 e. The fourth-order valence-corrected chi connectivity index (χ4v) is 3.39. The van der Waals surface area contributed by atoms with Crippen LogP contribution in [0.25, 0.3) is 0 Å². The molecule has 2 aromatic carbocycles. The minimum atomic E-state index is -0.897. The summed E-state index contributed by atoms with van der Waals surface area (Å²) in [5.41, 5.74) is 1.18. The number of carbonyl (C=O) groups is 1. The van der Waals surface area contributed by atoms with Crippen molar-refractivity contribution in [2.24, 2.45) is 5.92 Å². The molecule has 1 fully saturated rings. The Morgan fingerprint density at radius 3 is 2.47 bits per heavy atom. The van der Waals surface area contributed by atoms with Gasteiger partial charge in [-0.2, -0.15) is 0 Å². The quantitative estimate of drug-likeness (QED) is 0.490. The van der Waals surface area contributed by atoms with Crippen molar-refractivity contribution in [3.63, 3.8) is 0 Å². The number of nitrogens with zero attached hydrogens (tertiary/aromatic N) is 2. The van der Waals surface area contributed by atoms with Crippen LogP contribution in [0.5, 0.6) is 11.5 Å². The summed E-state index contributed by atoms with van der Waals surface area (Å²) in [6.45, 7) is 1.76. The molecule has 30 heavy (non-hydrogen) atoms. The smallest absolute Gasteiger partial charge is 0.407 e. The highest BCUT2D eigenvalue weighted by Gasteiger charge is 2.26. The lowest BCUT2D eigenvalue weighted by Crippen LogP contribution is -2.27. The van der Waals surface area contributed by atoms with Crippen molar-refractivity contribution < 1.29 is 29.0 Å². The molecule has 1 saturated heterocycles. The summed E-state index contributed by atoms with van der Waals surface area (Å²) in [5.74, 6) is 1.39. The zero-order valence-electron chi connectivity index (χ0n) is 16.7. The van der Waals surface area contributed by atoms with Crippen LogP contribution >= 0.6 is 0 Å². The molecule has 9 heteroatoms. The number of hydrogen-bond donors (Lipinski definition) is 1. The first kappa shape index (κ1) is 21.4. The number of ether oxygens (including phenoxy) is 3. The van der Waals surface area contributed by atoms with E-state index in [1.54, 1.807) is 36.4 Å². The first-order valence-corrected chi connectivity index (χ1v) is 9.55. The molecule has 1 heterocycles. The molecule has 9 nitrogen and oxygen atoms in total. The zero-order valence-corrected chi connectivity index (χ0v) is 16.7. The summed E-state index contributed by atoms with van der Waals surface area (Å²) in [6, 6.07) is 11.8. The molecule has 1 atom stereocenters. The number of likely N-dealkylation sites (tertiary alicyclic amines) is 1. The van der Waals surface area contributed by atoms with E-state index in [1.165, 1.54) is 18.1 Å². The van der Waals surface area contributed by atoms with Gasteiger partial charge in [0.15, 0.2) is 0 Å². The summed E-state index contributed by atoms with van der Waals surface area (Å²) in [6.07, 6.45) is -0.112. The number of rotatable bonds is 9. The largest absolute Gasteiger partial charge is 0.493 e. The number of methoxy groups -OCH3 is 1. The minimum absolute atomic E-state index is 0.00327. The van der Waals surface area contributed by atoms with Crippen LogP contribution in [0.2, 0.25) is 0 Å². The maximum atomic E-state index is 11.3.